The molecule has 0 unspecified atom stereocenters. The Bertz CT molecular complexity index is 1480. The minimum absolute atomic E-state index is 0.0608. The maximum Gasteiger partial charge on any atom is 0.255 e. The van der Waals surface area contributed by atoms with Crippen LogP contribution in [0.4, 0.5) is 11.4 Å². The molecule has 1 amide bonds. The number of aryl methyl sites for hydroxylation is 1. The fourth-order valence-electron chi connectivity index (χ4n) is 6.73. The first-order valence-electron chi connectivity index (χ1n) is 14.9. The van der Waals surface area contributed by atoms with Crippen molar-refractivity contribution < 1.29 is 9.53 Å². The predicted octanol–water partition coefficient (Wildman–Crippen LogP) is 6.52. The van der Waals surface area contributed by atoms with E-state index in [0.29, 0.717) is 6.54 Å². The lowest BCUT2D eigenvalue weighted by molar-refractivity contribution is 0.0659. The zero-order valence-corrected chi connectivity index (χ0v) is 24.5. The standard InChI is InChI=1S/C34H39N5O2/c1-5-37(6-2)25-14-16-29-31(22-25)41-32-23-26(38(7-3)8-4)15-17-30(32)34(29)28-13-10-9-12-27(28)33(40)39(34)20-11-19-36-21-18-35-24-36/h9-10,12-18,21-24H,5-8,11,19-20H2,1-4H3. The van der Waals surface area contributed by atoms with Crippen LogP contribution in [0.2, 0.25) is 0 Å². The van der Waals surface area contributed by atoms with Crippen molar-refractivity contribution in [1.82, 2.24) is 14.5 Å². The number of carbonyl (C=O) groups excluding carboxylic acids is 1. The summed E-state index contributed by atoms with van der Waals surface area (Å²) in [6.07, 6.45) is 6.40. The number of anilines is 2. The van der Waals surface area contributed by atoms with Gasteiger partial charge in [0.05, 0.1) is 6.33 Å². The van der Waals surface area contributed by atoms with E-state index in [1.807, 2.05) is 30.7 Å². The van der Waals surface area contributed by atoms with Crippen LogP contribution in [-0.2, 0) is 12.1 Å². The summed E-state index contributed by atoms with van der Waals surface area (Å²) >= 11 is 0. The molecule has 0 saturated heterocycles. The SMILES string of the molecule is CCN(CC)c1ccc2c(c1)Oc1cc(N(CC)CC)ccc1C21c2ccccc2C(=O)N1CCCn1ccnc1. The second kappa shape index (κ2) is 11.0. The van der Waals surface area contributed by atoms with Crippen LogP contribution in [0.5, 0.6) is 11.5 Å². The molecule has 41 heavy (non-hydrogen) atoms. The normalized spacial score (nSPS) is 14.4. The number of hydrogen-bond donors (Lipinski definition) is 0. The molecular formula is C34H39N5O2. The number of hydrogen-bond acceptors (Lipinski definition) is 5. The maximum atomic E-state index is 14.3. The molecule has 212 valence electrons. The molecule has 6 rings (SSSR count). The molecule has 0 saturated carbocycles. The summed E-state index contributed by atoms with van der Waals surface area (Å²) in [5, 5.41) is 0. The van der Waals surface area contributed by atoms with Gasteiger partial charge in [-0.1, -0.05) is 30.3 Å². The average molecular weight is 550 g/mol. The first-order valence-corrected chi connectivity index (χ1v) is 14.9. The Kier molecular flexibility index (Phi) is 7.20. The number of fused-ring (bicyclic) bond motifs is 6. The van der Waals surface area contributed by atoms with E-state index in [0.717, 1.165) is 84.3 Å². The van der Waals surface area contributed by atoms with Crippen molar-refractivity contribution in [2.45, 2.75) is 46.2 Å². The zero-order valence-electron chi connectivity index (χ0n) is 24.5. The van der Waals surface area contributed by atoms with Gasteiger partial charge >= 0.3 is 0 Å². The second-order valence-corrected chi connectivity index (χ2v) is 10.7. The molecule has 2 aliphatic rings. The van der Waals surface area contributed by atoms with Gasteiger partial charge in [0.25, 0.3) is 5.91 Å². The van der Waals surface area contributed by atoms with E-state index in [4.69, 9.17) is 4.74 Å². The third kappa shape index (κ3) is 4.26. The fourth-order valence-corrected chi connectivity index (χ4v) is 6.73. The topological polar surface area (TPSA) is 53.8 Å². The van der Waals surface area contributed by atoms with Gasteiger partial charge in [0.1, 0.15) is 17.0 Å². The van der Waals surface area contributed by atoms with E-state index in [-0.39, 0.29) is 5.91 Å². The first kappa shape index (κ1) is 26.9. The Morgan fingerprint density at radius 1 is 0.780 bits per heavy atom. The molecule has 1 aromatic heterocycles. The second-order valence-electron chi connectivity index (χ2n) is 10.7. The molecule has 7 heteroatoms. The Balaban J connectivity index is 1.56. The molecule has 0 radical (unpaired) electrons. The Morgan fingerprint density at radius 3 is 1.95 bits per heavy atom. The summed E-state index contributed by atoms with van der Waals surface area (Å²) in [6.45, 7) is 13.7. The number of benzene rings is 3. The lowest BCUT2D eigenvalue weighted by Crippen LogP contribution is -2.48. The van der Waals surface area contributed by atoms with Gasteiger partial charge in [0.2, 0.25) is 0 Å². The van der Waals surface area contributed by atoms with Gasteiger partial charge < -0.3 is 24.0 Å². The van der Waals surface area contributed by atoms with E-state index < -0.39 is 5.54 Å². The van der Waals surface area contributed by atoms with Crippen LogP contribution >= 0.6 is 0 Å². The van der Waals surface area contributed by atoms with Gasteiger partial charge in [-0.15, -0.1) is 0 Å². The van der Waals surface area contributed by atoms with E-state index in [1.165, 1.54) is 0 Å². The van der Waals surface area contributed by atoms with Crippen LogP contribution in [-0.4, -0.2) is 53.1 Å². The van der Waals surface area contributed by atoms with Crippen molar-refractivity contribution in [2.75, 3.05) is 42.5 Å². The molecule has 0 aliphatic carbocycles. The van der Waals surface area contributed by atoms with E-state index >= 15 is 0 Å². The van der Waals surface area contributed by atoms with Crippen molar-refractivity contribution in [2.24, 2.45) is 0 Å². The summed E-state index contributed by atoms with van der Waals surface area (Å²) in [6, 6.07) is 21.2. The number of rotatable bonds is 10. The van der Waals surface area contributed by atoms with Crippen molar-refractivity contribution in [3.63, 3.8) is 0 Å². The summed E-state index contributed by atoms with van der Waals surface area (Å²) in [7, 11) is 0. The summed E-state index contributed by atoms with van der Waals surface area (Å²) in [5.74, 6) is 1.68. The number of carbonyl (C=O) groups is 1. The maximum absolute atomic E-state index is 14.3. The van der Waals surface area contributed by atoms with Crippen LogP contribution in [0.15, 0.2) is 79.4 Å². The number of amides is 1. The van der Waals surface area contributed by atoms with E-state index in [9.17, 15) is 4.79 Å². The molecule has 7 nitrogen and oxygen atoms in total. The van der Waals surface area contributed by atoms with Crippen LogP contribution in [0, 0.1) is 0 Å². The summed E-state index contributed by atoms with van der Waals surface area (Å²) < 4.78 is 8.85. The molecule has 0 bridgehead atoms. The monoisotopic (exact) mass is 549 g/mol. The number of imidazole rings is 1. The largest absolute Gasteiger partial charge is 0.456 e. The summed E-state index contributed by atoms with van der Waals surface area (Å²) in [5.41, 5.74) is 5.26. The Labute approximate surface area is 243 Å². The molecule has 2 aliphatic heterocycles. The minimum Gasteiger partial charge on any atom is -0.456 e. The van der Waals surface area contributed by atoms with Crippen molar-refractivity contribution in [1.29, 1.82) is 0 Å². The van der Waals surface area contributed by atoms with Crippen LogP contribution in [0.3, 0.4) is 0 Å². The van der Waals surface area contributed by atoms with Crippen LogP contribution in [0.25, 0.3) is 0 Å². The van der Waals surface area contributed by atoms with Gasteiger partial charge in [-0.25, -0.2) is 4.98 Å². The molecular weight excluding hydrogens is 510 g/mol. The number of aromatic nitrogens is 2. The van der Waals surface area contributed by atoms with Crippen molar-refractivity contribution in [3.05, 3.63) is 102 Å². The van der Waals surface area contributed by atoms with Crippen LogP contribution < -0.4 is 14.5 Å². The number of ether oxygens (including phenoxy) is 1. The molecule has 1 spiro atoms. The van der Waals surface area contributed by atoms with Gasteiger partial charge in [-0.05, 0) is 57.9 Å². The lowest BCUT2D eigenvalue weighted by Gasteiger charge is -2.45. The Morgan fingerprint density at radius 2 is 1.39 bits per heavy atom. The smallest absolute Gasteiger partial charge is 0.255 e. The van der Waals surface area contributed by atoms with Gasteiger partial charge in [0, 0.05) is 91.9 Å². The molecule has 0 N–H and O–H groups in total. The van der Waals surface area contributed by atoms with Gasteiger partial charge in [0.15, 0.2) is 0 Å². The predicted molar refractivity (Wildman–Crippen MR) is 164 cm³/mol. The minimum atomic E-state index is -0.783. The van der Waals surface area contributed by atoms with Crippen LogP contribution in [0.1, 0.15) is 61.2 Å². The highest BCUT2D eigenvalue weighted by Crippen LogP contribution is 2.58. The lowest BCUT2D eigenvalue weighted by atomic mass is 9.74. The highest BCUT2D eigenvalue weighted by Gasteiger charge is 2.56. The van der Waals surface area contributed by atoms with Crippen molar-refractivity contribution in [3.8, 4) is 11.5 Å². The third-order valence-electron chi connectivity index (χ3n) is 8.74. The molecule has 0 atom stereocenters. The quantitative estimate of drug-likeness (QED) is 0.225. The highest BCUT2D eigenvalue weighted by atomic mass is 16.5. The third-order valence-corrected chi connectivity index (χ3v) is 8.74. The average Bonchev–Trinajstić information content (AvgIpc) is 3.60. The highest BCUT2D eigenvalue weighted by molar-refractivity contribution is 6.02. The zero-order chi connectivity index (χ0) is 28.6. The fraction of sp³-hybridized carbons (Fsp3) is 0.353. The molecule has 0 fully saturated rings. The molecule has 4 aromatic rings. The number of nitrogens with zero attached hydrogens (tertiary/aromatic N) is 5. The van der Waals surface area contributed by atoms with Gasteiger partial charge in [-0.3, -0.25) is 4.79 Å². The van der Waals surface area contributed by atoms with Gasteiger partial charge in [-0.2, -0.15) is 0 Å². The first-order chi connectivity index (χ1) is 20.1. The molecule has 3 aromatic carbocycles. The summed E-state index contributed by atoms with van der Waals surface area (Å²) in [4.78, 5) is 25.2. The molecule has 3 heterocycles. The van der Waals surface area contributed by atoms with E-state index in [2.05, 4.69) is 94.4 Å². The van der Waals surface area contributed by atoms with Crippen molar-refractivity contribution >= 4 is 17.3 Å². The Hall–Kier alpha value is -4.26. The van der Waals surface area contributed by atoms with E-state index in [1.54, 1.807) is 6.20 Å².